The molecular formula is C44H27NO. The van der Waals surface area contributed by atoms with Gasteiger partial charge in [-0.1, -0.05) is 127 Å². The summed E-state index contributed by atoms with van der Waals surface area (Å²) >= 11 is 0. The van der Waals surface area contributed by atoms with E-state index in [4.69, 9.17) is 4.74 Å². The molecule has 1 aromatic heterocycles. The molecule has 46 heavy (non-hydrogen) atoms. The number of aromatic nitrogens is 1. The van der Waals surface area contributed by atoms with Gasteiger partial charge in [0.05, 0.1) is 11.0 Å². The fourth-order valence-electron chi connectivity index (χ4n) is 7.50. The number of hydrogen-bond donors (Lipinski definition) is 0. The number of hydrogen-bond acceptors (Lipinski definition) is 1. The number of nitrogens with zero attached hydrogens (tertiary/aromatic N) is 1. The Kier molecular flexibility index (Phi) is 5.31. The van der Waals surface area contributed by atoms with Gasteiger partial charge in [-0.2, -0.15) is 0 Å². The first kappa shape index (κ1) is 25.2. The zero-order valence-corrected chi connectivity index (χ0v) is 24.9. The molecule has 0 unspecified atom stereocenters. The molecule has 0 aliphatic carbocycles. The second kappa shape index (κ2) is 9.69. The second-order valence-corrected chi connectivity index (χ2v) is 12.1. The number of rotatable bonds is 3. The summed E-state index contributed by atoms with van der Waals surface area (Å²) < 4.78 is 8.86. The predicted molar refractivity (Wildman–Crippen MR) is 192 cm³/mol. The SMILES string of the molecule is c1ccc(-n2c3c(-c4cccc(-c5ccc6c(c5)-c5cccc7cccc(c57)O6)c4)cccc3c3ccc4ccccc4c32)cc1. The van der Waals surface area contributed by atoms with E-state index in [-0.39, 0.29) is 0 Å². The summed E-state index contributed by atoms with van der Waals surface area (Å²) in [6.07, 6.45) is 0. The van der Waals surface area contributed by atoms with E-state index in [1.165, 1.54) is 71.2 Å². The summed E-state index contributed by atoms with van der Waals surface area (Å²) in [7, 11) is 0. The van der Waals surface area contributed by atoms with Crippen LogP contribution in [0.15, 0.2) is 164 Å². The maximum Gasteiger partial charge on any atom is 0.135 e. The predicted octanol–water partition coefficient (Wildman–Crippen LogP) is 12.2. The lowest BCUT2D eigenvalue weighted by atomic mass is 9.91. The Bertz CT molecular complexity index is 2660. The monoisotopic (exact) mass is 585 g/mol. The van der Waals surface area contributed by atoms with Crippen molar-refractivity contribution in [2.24, 2.45) is 0 Å². The van der Waals surface area contributed by atoms with Crippen molar-refractivity contribution >= 4 is 43.4 Å². The van der Waals surface area contributed by atoms with Gasteiger partial charge in [0.25, 0.3) is 0 Å². The van der Waals surface area contributed by atoms with E-state index in [1.807, 2.05) is 0 Å². The molecule has 2 nitrogen and oxygen atoms in total. The first-order valence-corrected chi connectivity index (χ1v) is 15.8. The number of ether oxygens (including phenoxy) is 1. The molecule has 0 radical (unpaired) electrons. The van der Waals surface area contributed by atoms with E-state index in [9.17, 15) is 0 Å². The molecule has 9 aromatic rings. The van der Waals surface area contributed by atoms with E-state index in [2.05, 4.69) is 168 Å². The zero-order chi connectivity index (χ0) is 30.2. The minimum absolute atomic E-state index is 0.899. The third-order valence-corrected chi connectivity index (χ3v) is 9.55. The largest absolute Gasteiger partial charge is 0.456 e. The van der Waals surface area contributed by atoms with E-state index in [1.54, 1.807) is 0 Å². The van der Waals surface area contributed by atoms with Crippen LogP contribution in [-0.2, 0) is 0 Å². The van der Waals surface area contributed by atoms with Crippen LogP contribution in [0.25, 0.3) is 82.4 Å². The lowest BCUT2D eigenvalue weighted by molar-refractivity contribution is 0.487. The van der Waals surface area contributed by atoms with Crippen molar-refractivity contribution in [3.63, 3.8) is 0 Å². The molecule has 0 amide bonds. The lowest BCUT2D eigenvalue weighted by Crippen LogP contribution is -1.97. The van der Waals surface area contributed by atoms with Crippen molar-refractivity contribution in [3.8, 4) is 50.6 Å². The average molecular weight is 586 g/mol. The van der Waals surface area contributed by atoms with Crippen molar-refractivity contribution in [1.29, 1.82) is 0 Å². The van der Waals surface area contributed by atoms with Crippen molar-refractivity contribution in [3.05, 3.63) is 164 Å². The quantitative estimate of drug-likeness (QED) is 0.201. The van der Waals surface area contributed by atoms with Gasteiger partial charge in [-0.15, -0.1) is 0 Å². The second-order valence-electron chi connectivity index (χ2n) is 12.1. The Labute approximate surface area is 266 Å². The normalized spacial score (nSPS) is 12.1. The summed E-state index contributed by atoms with van der Waals surface area (Å²) in [6.45, 7) is 0. The molecule has 0 fully saturated rings. The minimum Gasteiger partial charge on any atom is -0.456 e. The molecule has 10 rings (SSSR count). The fraction of sp³-hybridized carbons (Fsp3) is 0. The van der Waals surface area contributed by atoms with Gasteiger partial charge in [-0.25, -0.2) is 0 Å². The summed E-state index contributed by atoms with van der Waals surface area (Å²) in [4.78, 5) is 0. The van der Waals surface area contributed by atoms with Gasteiger partial charge in [0.1, 0.15) is 11.5 Å². The van der Waals surface area contributed by atoms with Crippen LogP contribution in [0, 0.1) is 0 Å². The average Bonchev–Trinajstić information content (AvgIpc) is 3.47. The summed E-state index contributed by atoms with van der Waals surface area (Å²) in [6, 6.07) is 59.0. The van der Waals surface area contributed by atoms with Gasteiger partial charge in [-0.05, 0) is 69.4 Å². The Hall–Kier alpha value is -6.12. The van der Waals surface area contributed by atoms with Gasteiger partial charge < -0.3 is 9.30 Å². The minimum atomic E-state index is 0.899. The van der Waals surface area contributed by atoms with Gasteiger partial charge in [0.15, 0.2) is 0 Å². The first-order chi connectivity index (χ1) is 22.8. The van der Waals surface area contributed by atoms with Crippen LogP contribution in [-0.4, -0.2) is 4.57 Å². The molecule has 214 valence electrons. The summed E-state index contributed by atoms with van der Waals surface area (Å²) in [5.41, 5.74) is 10.7. The maximum atomic E-state index is 6.39. The maximum absolute atomic E-state index is 6.39. The highest BCUT2D eigenvalue weighted by Gasteiger charge is 2.21. The molecule has 2 heteroatoms. The van der Waals surface area contributed by atoms with Crippen LogP contribution in [0.1, 0.15) is 0 Å². The van der Waals surface area contributed by atoms with Crippen LogP contribution in [0.4, 0.5) is 0 Å². The van der Waals surface area contributed by atoms with Crippen LogP contribution in [0.5, 0.6) is 11.5 Å². The van der Waals surface area contributed by atoms with Crippen molar-refractivity contribution in [1.82, 2.24) is 4.57 Å². The third kappa shape index (κ3) is 3.65. The molecule has 8 aromatic carbocycles. The number of para-hydroxylation sites is 2. The number of fused-ring (bicyclic) bond motifs is 7. The van der Waals surface area contributed by atoms with Crippen molar-refractivity contribution < 1.29 is 4.74 Å². The van der Waals surface area contributed by atoms with E-state index in [0.717, 1.165) is 22.7 Å². The Morgan fingerprint density at radius 3 is 2.00 bits per heavy atom. The fourth-order valence-corrected chi connectivity index (χ4v) is 7.50. The molecular weight excluding hydrogens is 558 g/mol. The highest BCUT2D eigenvalue weighted by molar-refractivity contribution is 6.21. The highest BCUT2D eigenvalue weighted by Crippen LogP contribution is 2.48. The van der Waals surface area contributed by atoms with Crippen LogP contribution < -0.4 is 4.74 Å². The molecule has 0 spiro atoms. The van der Waals surface area contributed by atoms with E-state index in [0.29, 0.717) is 0 Å². The Morgan fingerprint density at radius 2 is 1.07 bits per heavy atom. The van der Waals surface area contributed by atoms with E-state index >= 15 is 0 Å². The van der Waals surface area contributed by atoms with Gasteiger partial charge in [0.2, 0.25) is 0 Å². The first-order valence-electron chi connectivity index (χ1n) is 15.8. The summed E-state index contributed by atoms with van der Waals surface area (Å²) in [5, 5.41) is 7.39. The van der Waals surface area contributed by atoms with Crippen LogP contribution >= 0.6 is 0 Å². The lowest BCUT2D eigenvalue weighted by Gasteiger charge is -2.22. The van der Waals surface area contributed by atoms with Gasteiger partial charge >= 0.3 is 0 Å². The molecule has 0 atom stereocenters. The van der Waals surface area contributed by atoms with Crippen LogP contribution in [0.3, 0.4) is 0 Å². The van der Waals surface area contributed by atoms with Crippen LogP contribution in [0.2, 0.25) is 0 Å². The smallest absolute Gasteiger partial charge is 0.135 e. The molecule has 0 bridgehead atoms. The molecule has 0 saturated heterocycles. The molecule has 1 aliphatic heterocycles. The molecule has 1 aliphatic rings. The molecule has 2 heterocycles. The third-order valence-electron chi connectivity index (χ3n) is 9.55. The Morgan fingerprint density at radius 1 is 0.370 bits per heavy atom. The molecule has 0 saturated carbocycles. The van der Waals surface area contributed by atoms with Crippen molar-refractivity contribution in [2.45, 2.75) is 0 Å². The van der Waals surface area contributed by atoms with Gasteiger partial charge in [0, 0.05) is 38.4 Å². The standard InChI is InChI=1S/C44H27NO/c1-2-15-33(16-3-1)45-43-34-17-5-4-10-28(34)22-24-38(43)37-20-9-18-35(44(37)45)32-14-6-13-30(26-32)31-23-25-40-39(27-31)36-19-7-11-29-12-8-21-41(46-40)42(29)36/h1-27H. The van der Waals surface area contributed by atoms with E-state index < -0.39 is 0 Å². The van der Waals surface area contributed by atoms with Crippen molar-refractivity contribution in [2.75, 3.05) is 0 Å². The van der Waals surface area contributed by atoms with Gasteiger partial charge in [-0.3, -0.25) is 0 Å². The zero-order valence-electron chi connectivity index (χ0n) is 24.9. The highest BCUT2D eigenvalue weighted by atomic mass is 16.5. The summed E-state index contributed by atoms with van der Waals surface area (Å²) in [5.74, 6) is 1.82. The molecule has 0 N–H and O–H groups in total. The number of benzene rings is 8. The topological polar surface area (TPSA) is 14.2 Å². The Balaban J connectivity index is 1.20.